The van der Waals surface area contributed by atoms with Crippen molar-refractivity contribution in [1.29, 1.82) is 0 Å². The van der Waals surface area contributed by atoms with E-state index < -0.39 is 0 Å². The molecule has 0 bridgehead atoms. The van der Waals surface area contributed by atoms with Crippen LogP contribution < -0.4 is 0 Å². The molecule has 5 aromatic carbocycles. The fourth-order valence-electron chi connectivity index (χ4n) is 7.59. The fourth-order valence-corrected chi connectivity index (χ4v) is 7.59. The zero-order valence-corrected chi connectivity index (χ0v) is 38.0. The Balaban J connectivity index is 0.000000128. The van der Waals surface area contributed by atoms with Crippen molar-refractivity contribution in [3.63, 3.8) is 0 Å². The molecule has 2 N–H and O–H groups in total. The van der Waals surface area contributed by atoms with Crippen LogP contribution in [0.4, 0.5) is 0 Å². The van der Waals surface area contributed by atoms with Gasteiger partial charge in [-0.25, -0.2) is 0 Å². The Hall–Kier alpha value is -6.13. The number of nitrogens with one attached hydrogen (secondary N) is 2. The number of allylic oxidation sites excluding steroid dienone is 1. The summed E-state index contributed by atoms with van der Waals surface area (Å²) in [6.07, 6.45) is 9.47. The van der Waals surface area contributed by atoms with E-state index in [0.717, 1.165) is 23.3 Å². The van der Waals surface area contributed by atoms with E-state index in [9.17, 15) is 0 Å². The second-order valence-corrected chi connectivity index (χ2v) is 17.6. The number of hydrogen-bond donors (Lipinski definition) is 2. The van der Waals surface area contributed by atoms with Gasteiger partial charge in [0.15, 0.2) is 0 Å². The third-order valence-electron chi connectivity index (χ3n) is 11.3. The van der Waals surface area contributed by atoms with Gasteiger partial charge in [-0.15, -0.1) is 0 Å². The molecule has 0 saturated heterocycles. The molecule has 61 heavy (non-hydrogen) atoms. The molecular formula is C57H65N3O. The van der Waals surface area contributed by atoms with Crippen molar-refractivity contribution in [2.45, 2.75) is 99.3 Å². The maximum Gasteiger partial charge on any atom is 0.134 e. The zero-order valence-electron chi connectivity index (χ0n) is 38.0. The van der Waals surface area contributed by atoms with Crippen molar-refractivity contribution in [2.24, 2.45) is 5.92 Å². The van der Waals surface area contributed by atoms with Crippen molar-refractivity contribution >= 4 is 49.8 Å². The summed E-state index contributed by atoms with van der Waals surface area (Å²) >= 11 is 0. The van der Waals surface area contributed by atoms with Crippen LogP contribution in [0.2, 0.25) is 0 Å². The summed E-state index contributed by atoms with van der Waals surface area (Å²) in [6, 6.07) is 46.4. The highest BCUT2D eigenvalue weighted by molar-refractivity contribution is 5.84. The van der Waals surface area contributed by atoms with Crippen molar-refractivity contribution in [1.82, 2.24) is 15.0 Å². The van der Waals surface area contributed by atoms with Crippen LogP contribution in [0.1, 0.15) is 126 Å². The molecule has 1 aliphatic rings. The molecule has 0 fully saturated rings. The number of furan rings is 1. The van der Waals surface area contributed by atoms with Gasteiger partial charge in [0.25, 0.3) is 0 Å². The van der Waals surface area contributed by atoms with Gasteiger partial charge in [0.1, 0.15) is 11.3 Å². The van der Waals surface area contributed by atoms with Crippen LogP contribution in [-0.4, -0.2) is 15.0 Å². The van der Waals surface area contributed by atoms with Gasteiger partial charge in [-0.05, 0) is 112 Å². The van der Waals surface area contributed by atoms with Crippen molar-refractivity contribution in [2.75, 3.05) is 0 Å². The molecule has 0 spiro atoms. The van der Waals surface area contributed by atoms with Crippen LogP contribution in [0.5, 0.6) is 0 Å². The lowest BCUT2D eigenvalue weighted by Crippen LogP contribution is -1.92. The lowest BCUT2D eigenvalue weighted by atomic mass is 9.99. The van der Waals surface area contributed by atoms with Gasteiger partial charge >= 0.3 is 0 Å². The highest BCUT2D eigenvalue weighted by atomic mass is 16.3. The average molecular weight is 808 g/mol. The Morgan fingerprint density at radius 1 is 0.525 bits per heavy atom. The number of aromatic nitrogens is 3. The van der Waals surface area contributed by atoms with Crippen LogP contribution in [0.15, 0.2) is 162 Å². The van der Waals surface area contributed by atoms with Crippen molar-refractivity contribution < 1.29 is 4.42 Å². The fraction of sp³-hybridized carbons (Fsp3) is 0.281. The lowest BCUT2D eigenvalue weighted by molar-refractivity contribution is 0.522. The summed E-state index contributed by atoms with van der Waals surface area (Å²) in [5.41, 5.74) is 13.2. The minimum Gasteiger partial charge on any atom is -0.461 e. The lowest BCUT2D eigenvalue weighted by Gasteiger charge is -2.08. The molecule has 1 aliphatic carbocycles. The summed E-state index contributed by atoms with van der Waals surface area (Å²) in [5, 5.41) is 5.13. The first kappa shape index (κ1) is 44.4. The number of rotatable bonds is 5. The molecule has 4 heterocycles. The maximum absolute atomic E-state index is 5.63. The van der Waals surface area contributed by atoms with E-state index in [-0.39, 0.29) is 0 Å². The van der Waals surface area contributed by atoms with E-state index in [1.54, 1.807) is 5.57 Å². The van der Waals surface area contributed by atoms with Crippen LogP contribution in [0, 0.1) is 5.92 Å². The summed E-state index contributed by atoms with van der Waals surface area (Å²) in [7, 11) is 0. The number of benzene rings is 5. The molecule has 0 saturated carbocycles. The van der Waals surface area contributed by atoms with Crippen LogP contribution >= 0.6 is 0 Å². The molecule has 0 atom stereocenters. The number of fused-ring (bicyclic) bond motifs is 5. The Morgan fingerprint density at radius 2 is 1.21 bits per heavy atom. The SMILES string of the molecule is CC(C)C1=Cc2ccccc2C1.CC(C)c1c[nH]c2ccccc12.CC(C)c1cc2ccccc2o1.CC(C)c1ccc2[nH]ccc2c1.CC(C)c1ccnc2ccccc12. The average Bonchev–Trinajstić information content (AvgIpc) is 4.09. The number of pyridine rings is 1. The van der Waals surface area contributed by atoms with Gasteiger partial charge in [0.2, 0.25) is 0 Å². The van der Waals surface area contributed by atoms with Gasteiger partial charge in [-0.2, -0.15) is 0 Å². The van der Waals surface area contributed by atoms with Crippen LogP contribution in [-0.2, 0) is 6.42 Å². The van der Waals surface area contributed by atoms with Gasteiger partial charge in [-0.1, -0.05) is 166 Å². The Morgan fingerprint density at radius 3 is 1.92 bits per heavy atom. The predicted octanol–water partition coefficient (Wildman–Crippen LogP) is 16.8. The van der Waals surface area contributed by atoms with Gasteiger partial charge in [0.05, 0.1) is 5.52 Å². The quantitative estimate of drug-likeness (QED) is 0.182. The number of hydrogen-bond acceptors (Lipinski definition) is 2. The van der Waals surface area contributed by atoms with Gasteiger partial charge < -0.3 is 14.4 Å². The monoisotopic (exact) mass is 808 g/mol. The molecule has 0 amide bonds. The van der Waals surface area contributed by atoms with Crippen LogP contribution in [0.25, 0.3) is 49.8 Å². The number of para-hydroxylation sites is 3. The van der Waals surface area contributed by atoms with E-state index >= 15 is 0 Å². The molecule has 4 aromatic heterocycles. The molecule has 0 unspecified atom stereocenters. The molecule has 10 rings (SSSR count). The first-order valence-corrected chi connectivity index (χ1v) is 22.1. The number of nitrogens with zero attached hydrogens (tertiary/aromatic N) is 1. The van der Waals surface area contributed by atoms with Crippen LogP contribution in [0.3, 0.4) is 0 Å². The van der Waals surface area contributed by atoms with E-state index in [0.29, 0.717) is 29.6 Å². The highest BCUT2D eigenvalue weighted by Crippen LogP contribution is 2.29. The largest absolute Gasteiger partial charge is 0.461 e. The highest BCUT2D eigenvalue weighted by Gasteiger charge is 2.13. The van der Waals surface area contributed by atoms with Crippen molar-refractivity contribution in [3.05, 3.63) is 191 Å². The standard InChI is InChI=1S/C12H13N.C12H14.2C11H13N.C11H12O/c1-9(2)10-7-8-13-12-6-4-3-5-11(10)12;1-9(2)12-7-10-5-3-4-6-11(10)8-12;1-8(2)9-3-4-11-10(7-9)5-6-12-11;1-8(2)10-7-12-11-6-4-3-5-9(10)11;1-8(2)11-7-9-5-3-4-6-10(9)12-11/h3-9H,1-2H3;3-7,9H,8H2,1-2H3;2*3-8,12H,1-2H3;3-8H,1-2H3. The molecule has 4 nitrogen and oxygen atoms in total. The molecule has 0 aliphatic heterocycles. The molecule has 9 aromatic rings. The normalized spacial score (nSPS) is 11.9. The first-order chi connectivity index (χ1) is 29.4. The Bertz CT molecular complexity index is 2730. The minimum atomic E-state index is 0.470. The Kier molecular flexibility index (Phi) is 15.2. The topological polar surface area (TPSA) is 57.6 Å². The second-order valence-electron chi connectivity index (χ2n) is 17.6. The summed E-state index contributed by atoms with van der Waals surface area (Å²) < 4.78 is 5.63. The zero-order chi connectivity index (χ0) is 43.5. The maximum atomic E-state index is 5.63. The molecule has 4 heteroatoms. The summed E-state index contributed by atoms with van der Waals surface area (Å²) in [4.78, 5) is 10.8. The second kappa shape index (κ2) is 20.9. The third kappa shape index (κ3) is 11.6. The van der Waals surface area contributed by atoms with E-state index in [4.69, 9.17) is 4.42 Å². The van der Waals surface area contributed by atoms with Gasteiger partial charge in [-0.3, -0.25) is 4.98 Å². The molecule has 0 radical (unpaired) electrons. The van der Waals surface area contributed by atoms with Crippen molar-refractivity contribution in [3.8, 4) is 0 Å². The molecule has 314 valence electrons. The third-order valence-corrected chi connectivity index (χ3v) is 11.3. The first-order valence-electron chi connectivity index (χ1n) is 22.1. The Labute approximate surface area is 364 Å². The number of H-pyrrole nitrogens is 2. The van der Waals surface area contributed by atoms with E-state index in [1.807, 2.05) is 36.7 Å². The predicted molar refractivity (Wildman–Crippen MR) is 264 cm³/mol. The summed E-state index contributed by atoms with van der Waals surface area (Å²) in [5.74, 6) is 4.00. The number of aromatic amines is 2. The van der Waals surface area contributed by atoms with E-state index in [2.05, 4.69) is 206 Å². The molecular weight excluding hydrogens is 743 g/mol. The smallest absolute Gasteiger partial charge is 0.134 e. The van der Waals surface area contributed by atoms with Gasteiger partial charge in [0, 0.05) is 51.7 Å². The minimum absolute atomic E-state index is 0.470. The summed E-state index contributed by atoms with van der Waals surface area (Å²) in [6.45, 7) is 22.1. The van der Waals surface area contributed by atoms with E-state index in [1.165, 1.54) is 60.4 Å².